The summed E-state index contributed by atoms with van der Waals surface area (Å²) in [4.78, 5) is 12.0. The molecule has 0 aromatic heterocycles. The van der Waals surface area contributed by atoms with Crippen molar-refractivity contribution in [2.75, 3.05) is 11.9 Å². The van der Waals surface area contributed by atoms with Crippen LogP contribution in [-0.4, -0.2) is 17.8 Å². The predicted octanol–water partition coefficient (Wildman–Crippen LogP) is 4.52. The van der Waals surface area contributed by atoms with E-state index in [-0.39, 0.29) is 15.8 Å². The number of amides is 1. The van der Waals surface area contributed by atoms with Crippen LogP contribution in [0.15, 0.2) is 22.7 Å². The molecule has 0 spiro atoms. The van der Waals surface area contributed by atoms with Crippen LogP contribution >= 0.6 is 31.9 Å². The van der Waals surface area contributed by atoms with Crippen molar-refractivity contribution in [2.45, 2.75) is 26.7 Å². The molecular weight excluding hydrogens is 377 g/mol. The van der Waals surface area contributed by atoms with Crippen LogP contribution in [-0.2, 0) is 0 Å². The molecule has 0 unspecified atom stereocenters. The summed E-state index contributed by atoms with van der Waals surface area (Å²) in [6.45, 7) is 4.79. The summed E-state index contributed by atoms with van der Waals surface area (Å²) in [5.74, 6) is -0.676. The molecule has 1 aromatic rings. The summed E-state index contributed by atoms with van der Waals surface area (Å²) in [5, 5.41) is 3.82. The molecule has 106 valence electrons. The van der Waals surface area contributed by atoms with E-state index in [0.717, 1.165) is 18.2 Å². The van der Waals surface area contributed by atoms with Crippen molar-refractivity contribution in [3.63, 3.8) is 0 Å². The topological polar surface area (TPSA) is 29.1 Å². The van der Waals surface area contributed by atoms with E-state index in [1.54, 1.807) is 6.07 Å². The van der Waals surface area contributed by atoms with Crippen molar-refractivity contribution < 1.29 is 9.18 Å². The molecule has 0 aliphatic rings. The molecule has 2 nitrogen and oxygen atoms in total. The van der Waals surface area contributed by atoms with Crippen molar-refractivity contribution in [1.82, 2.24) is 5.32 Å². The highest BCUT2D eigenvalue weighted by Crippen LogP contribution is 2.23. The maximum atomic E-state index is 13.3. The average molecular weight is 395 g/mol. The Morgan fingerprint density at radius 2 is 2.11 bits per heavy atom. The molecule has 0 fully saturated rings. The van der Waals surface area contributed by atoms with Crippen molar-refractivity contribution in [3.8, 4) is 0 Å². The summed E-state index contributed by atoms with van der Waals surface area (Å²) >= 11 is 6.50. The highest BCUT2D eigenvalue weighted by atomic mass is 79.9. The number of hydrogen-bond acceptors (Lipinski definition) is 1. The summed E-state index contributed by atoms with van der Waals surface area (Å²) in [5.41, 5.74) is 0.361. The Balaban J connectivity index is 2.63. The van der Waals surface area contributed by atoms with Crippen LogP contribution in [0.3, 0.4) is 0 Å². The van der Waals surface area contributed by atoms with Crippen molar-refractivity contribution in [1.29, 1.82) is 0 Å². The number of rotatable bonds is 6. The molecule has 1 amide bonds. The Hall–Kier alpha value is -0.420. The number of carbonyl (C=O) groups excluding carboxylic acids is 1. The van der Waals surface area contributed by atoms with Gasteiger partial charge in [-0.3, -0.25) is 4.79 Å². The van der Waals surface area contributed by atoms with E-state index in [4.69, 9.17) is 0 Å². The predicted molar refractivity (Wildman–Crippen MR) is 83.2 cm³/mol. The van der Waals surface area contributed by atoms with Gasteiger partial charge in [0.25, 0.3) is 5.91 Å². The zero-order valence-electron chi connectivity index (χ0n) is 11.1. The second-order valence-corrected chi connectivity index (χ2v) is 6.83. The monoisotopic (exact) mass is 393 g/mol. The molecule has 0 saturated carbocycles. The van der Waals surface area contributed by atoms with E-state index >= 15 is 0 Å². The molecular formula is C14H18Br2FNO. The minimum absolute atomic E-state index is 0.0310. The lowest BCUT2D eigenvalue weighted by Crippen LogP contribution is -2.34. The number of alkyl halides is 1. The van der Waals surface area contributed by atoms with Gasteiger partial charge in [0.05, 0.1) is 10.0 Å². The fourth-order valence-electron chi connectivity index (χ4n) is 1.73. The number of carbonyl (C=O) groups is 1. The number of halogens is 3. The number of hydrogen-bond donors (Lipinski definition) is 1. The van der Waals surface area contributed by atoms with Crippen LogP contribution in [0.5, 0.6) is 0 Å². The van der Waals surface area contributed by atoms with Gasteiger partial charge in [-0.15, -0.1) is 0 Å². The Labute approximate surface area is 130 Å². The zero-order valence-corrected chi connectivity index (χ0v) is 14.3. The van der Waals surface area contributed by atoms with Gasteiger partial charge in [0, 0.05) is 11.9 Å². The van der Waals surface area contributed by atoms with Crippen molar-refractivity contribution >= 4 is 37.8 Å². The minimum Gasteiger partial charge on any atom is -0.351 e. The lowest BCUT2D eigenvalue weighted by Gasteiger charge is -2.24. The van der Waals surface area contributed by atoms with Gasteiger partial charge < -0.3 is 5.32 Å². The van der Waals surface area contributed by atoms with Gasteiger partial charge >= 0.3 is 0 Å². The van der Waals surface area contributed by atoms with Crippen LogP contribution in [0.1, 0.15) is 37.0 Å². The Bertz CT molecular complexity index is 449. The molecule has 0 bridgehead atoms. The maximum absolute atomic E-state index is 13.3. The minimum atomic E-state index is -0.425. The van der Waals surface area contributed by atoms with E-state index < -0.39 is 5.82 Å². The van der Waals surface area contributed by atoms with Crippen molar-refractivity contribution in [2.24, 2.45) is 5.41 Å². The first-order valence-corrected chi connectivity index (χ1v) is 8.07. The summed E-state index contributed by atoms with van der Waals surface area (Å²) in [7, 11) is 0. The van der Waals surface area contributed by atoms with E-state index in [9.17, 15) is 9.18 Å². The van der Waals surface area contributed by atoms with Gasteiger partial charge in [0.1, 0.15) is 5.82 Å². The molecule has 1 rings (SSSR count). The Kier molecular flexibility index (Phi) is 6.47. The van der Waals surface area contributed by atoms with Gasteiger partial charge in [-0.2, -0.15) is 0 Å². The Morgan fingerprint density at radius 1 is 1.42 bits per heavy atom. The molecule has 0 heterocycles. The third-order valence-electron chi connectivity index (χ3n) is 2.91. The van der Waals surface area contributed by atoms with Crippen LogP contribution in [0.25, 0.3) is 0 Å². The molecule has 0 aliphatic heterocycles. The van der Waals surface area contributed by atoms with E-state index in [2.05, 4.69) is 51.0 Å². The Morgan fingerprint density at radius 3 is 2.74 bits per heavy atom. The van der Waals surface area contributed by atoms with E-state index in [1.807, 2.05) is 0 Å². The fraction of sp³-hybridized carbons (Fsp3) is 0.500. The molecule has 0 radical (unpaired) electrons. The molecule has 0 saturated heterocycles. The second kappa shape index (κ2) is 7.39. The van der Waals surface area contributed by atoms with Crippen LogP contribution in [0.4, 0.5) is 4.39 Å². The highest BCUT2D eigenvalue weighted by Gasteiger charge is 2.20. The lowest BCUT2D eigenvalue weighted by molar-refractivity contribution is 0.0933. The largest absolute Gasteiger partial charge is 0.351 e. The van der Waals surface area contributed by atoms with E-state index in [1.165, 1.54) is 12.1 Å². The van der Waals surface area contributed by atoms with Gasteiger partial charge in [-0.25, -0.2) is 4.39 Å². The average Bonchev–Trinajstić information content (AvgIpc) is 2.37. The maximum Gasteiger partial charge on any atom is 0.252 e. The van der Waals surface area contributed by atoms with E-state index in [0.29, 0.717) is 12.1 Å². The molecule has 5 heteroatoms. The van der Waals surface area contributed by atoms with Crippen LogP contribution < -0.4 is 5.32 Å². The quantitative estimate of drug-likeness (QED) is 0.706. The molecule has 0 aliphatic carbocycles. The SMILES string of the molecule is CC(C)(CCCBr)CNC(=O)c1cccc(F)c1Br. The number of benzene rings is 1. The van der Waals surface area contributed by atoms with Gasteiger partial charge in [-0.1, -0.05) is 35.8 Å². The lowest BCUT2D eigenvalue weighted by atomic mass is 9.88. The summed E-state index contributed by atoms with van der Waals surface area (Å²) < 4.78 is 13.6. The van der Waals surface area contributed by atoms with Gasteiger partial charge in [0.2, 0.25) is 0 Å². The third kappa shape index (κ3) is 5.22. The summed E-state index contributed by atoms with van der Waals surface area (Å²) in [6.07, 6.45) is 2.08. The second-order valence-electron chi connectivity index (χ2n) is 5.24. The van der Waals surface area contributed by atoms with Crippen LogP contribution in [0.2, 0.25) is 0 Å². The third-order valence-corrected chi connectivity index (χ3v) is 4.28. The first-order valence-electron chi connectivity index (χ1n) is 6.15. The first-order chi connectivity index (χ1) is 8.87. The van der Waals surface area contributed by atoms with Gasteiger partial charge in [-0.05, 0) is 46.3 Å². The number of nitrogens with one attached hydrogen (secondary N) is 1. The standard InChI is InChI=1S/C14H18Br2FNO/c1-14(2,7-4-8-15)9-18-13(19)10-5-3-6-11(17)12(10)16/h3,5-6H,4,7-9H2,1-2H3,(H,18,19). The molecule has 19 heavy (non-hydrogen) atoms. The molecule has 0 atom stereocenters. The highest BCUT2D eigenvalue weighted by molar-refractivity contribution is 9.10. The molecule has 1 N–H and O–H groups in total. The summed E-state index contributed by atoms with van der Waals surface area (Å²) in [6, 6.07) is 4.46. The van der Waals surface area contributed by atoms with Crippen LogP contribution in [0, 0.1) is 11.2 Å². The van der Waals surface area contributed by atoms with Crippen molar-refractivity contribution in [3.05, 3.63) is 34.1 Å². The molecule has 1 aromatic carbocycles. The van der Waals surface area contributed by atoms with Gasteiger partial charge in [0.15, 0.2) is 0 Å². The fourth-order valence-corrected chi connectivity index (χ4v) is 2.45. The smallest absolute Gasteiger partial charge is 0.252 e. The normalized spacial score (nSPS) is 11.4. The zero-order chi connectivity index (χ0) is 14.5. The first kappa shape index (κ1) is 16.6.